The predicted octanol–water partition coefficient (Wildman–Crippen LogP) is 1.99. The standard InChI is InChI=1S/C12H16N2/c1-7-3-2-4-8-9-5-6-10(13)12(9)14-11(7)8/h2-4,9-10,12,14H,5-6,13H2,1H3/t9-,10-,12+/m0/s1. The van der Waals surface area contributed by atoms with Crippen LogP contribution >= 0.6 is 0 Å². The van der Waals surface area contributed by atoms with Gasteiger partial charge >= 0.3 is 0 Å². The minimum atomic E-state index is 0.340. The van der Waals surface area contributed by atoms with Crippen LogP contribution in [0.25, 0.3) is 0 Å². The Balaban J connectivity index is 2.08. The molecule has 0 saturated heterocycles. The van der Waals surface area contributed by atoms with Gasteiger partial charge in [0.25, 0.3) is 0 Å². The molecule has 1 aromatic carbocycles. The van der Waals surface area contributed by atoms with Crippen molar-refractivity contribution in [3.05, 3.63) is 29.3 Å². The summed E-state index contributed by atoms with van der Waals surface area (Å²) in [5.41, 5.74) is 10.3. The van der Waals surface area contributed by atoms with Gasteiger partial charge in [-0.25, -0.2) is 0 Å². The smallest absolute Gasteiger partial charge is 0.0481 e. The SMILES string of the molecule is Cc1cccc2c1N[C@H]1[C@@H](N)CC[C@@H]21. The minimum Gasteiger partial charge on any atom is -0.380 e. The molecule has 1 saturated carbocycles. The highest BCUT2D eigenvalue weighted by Gasteiger charge is 2.40. The summed E-state index contributed by atoms with van der Waals surface area (Å²) in [6, 6.07) is 7.40. The molecule has 3 N–H and O–H groups in total. The van der Waals surface area contributed by atoms with Crippen molar-refractivity contribution in [1.82, 2.24) is 0 Å². The molecule has 1 aliphatic heterocycles. The molecule has 3 atom stereocenters. The normalized spacial score (nSPS) is 33.7. The Morgan fingerprint density at radius 2 is 2.21 bits per heavy atom. The summed E-state index contributed by atoms with van der Waals surface area (Å²) in [5.74, 6) is 0.667. The van der Waals surface area contributed by atoms with Crippen LogP contribution in [0.4, 0.5) is 5.69 Å². The summed E-state index contributed by atoms with van der Waals surface area (Å²) in [5, 5.41) is 3.59. The summed E-state index contributed by atoms with van der Waals surface area (Å²) >= 11 is 0. The Hall–Kier alpha value is -1.02. The van der Waals surface area contributed by atoms with E-state index in [-0.39, 0.29) is 0 Å². The molecule has 0 bridgehead atoms. The second-order valence-electron chi connectivity index (χ2n) is 4.56. The van der Waals surface area contributed by atoms with Crippen molar-refractivity contribution < 1.29 is 0 Å². The fraction of sp³-hybridized carbons (Fsp3) is 0.500. The van der Waals surface area contributed by atoms with E-state index >= 15 is 0 Å². The van der Waals surface area contributed by atoms with Crippen LogP contribution in [0.3, 0.4) is 0 Å². The molecule has 0 spiro atoms. The number of anilines is 1. The van der Waals surface area contributed by atoms with Crippen molar-refractivity contribution in [3.63, 3.8) is 0 Å². The number of nitrogens with two attached hydrogens (primary N) is 1. The average Bonchev–Trinajstić information content (AvgIpc) is 2.69. The first-order chi connectivity index (χ1) is 6.77. The van der Waals surface area contributed by atoms with Crippen LogP contribution in [0.5, 0.6) is 0 Å². The number of rotatable bonds is 0. The van der Waals surface area contributed by atoms with E-state index < -0.39 is 0 Å². The zero-order valence-corrected chi connectivity index (χ0v) is 8.46. The number of fused-ring (bicyclic) bond motifs is 3. The minimum absolute atomic E-state index is 0.340. The number of benzene rings is 1. The molecular weight excluding hydrogens is 172 g/mol. The number of hydrogen-bond acceptors (Lipinski definition) is 2. The van der Waals surface area contributed by atoms with Crippen molar-refractivity contribution in [2.45, 2.75) is 37.8 Å². The van der Waals surface area contributed by atoms with E-state index in [0.717, 1.165) is 6.42 Å². The molecule has 1 heterocycles. The average molecular weight is 188 g/mol. The zero-order valence-electron chi connectivity index (χ0n) is 8.46. The van der Waals surface area contributed by atoms with Crippen molar-refractivity contribution in [2.24, 2.45) is 5.73 Å². The number of para-hydroxylation sites is 1. The lowest BCUT2D eigenvalue weighted by Crippen LogP contribution is -2.35. The van der Waals surface area contributed by atoms with Crippen LogP contribution in [0.2, 0.25) is 0 Å². The molecule has 2 nitrogen and oxygen atoms in total. The van der Waals surface area contributed by atoms with Gasteiger partial charge in [0.15, 0.2) is 0 Å². The molecule has 0 unspecified atom stereocenters. The maximum atomic E-state index is 6.09. The summed E-state index contributed by atoms with van der Waals surface area (Å²) in [6.45, 7) is 2.17. The molecule has 1 aromatic rings. The zero-order chi connectivity index (χ0) is 9.71. The lowest BCUT2D eigenvalue weighted by atomic mass is 9.96. The van der Waals surface area contributed by atoms with Crippen LogP contribution < -0.4 is 11.1 Å². The second kappa shape index (κ2) is 2.74. The maximum absolute atomic E-state index is 6.09. The second-order valence-corrected chi connectivity index (χ2v) is 4.56. The molecular formula is C12H16N2. The highest BCUT2D eigenvalue weighted by Crippen LogP contribution is 2.45. The van der Waals surface area contributed by atoms with Crippen LogP contribution in [-0.2, 0) is 0 Å². The molecule has 14 heavy (non-hydrogen) atoms. The van der Waals surface area contributed by atoms with Gasteiger partial charge in [-0.05, 0) is 30.9 Å². The highest BCUT2D eigenvalue weighted by molar-refractivity contribution is 5.65. The maximum Gasteiger partial charge on any atom is 0.0481 e. The topological polar surface area (TPSA) is 38.0 Å². The van der Waals surface area contributed by atoms with E-state index in [2.05, 4.69) is 30.4 Å². The predicted molar refractivity (Wildman–Crippen MR) is 58.5 cm³/mol. The van der Waals surface area contributed by atoms with Gasteiger partial charge in [0.1, 0.15) is 0 Å². The Morgan fingerprint density at radius 1 is 1.36 bits per heavy atom. The molecule has 3 rings (SSSR count). The Labute approximate surface area is 84.5 Å². The quantitative estimate of drug-likeness (QED) is 0.653. The van der Waals surface area contributed by atoms with Gasteiger partial charge < -0.3 is 11.1 Å². The van der Waals surface area contributed by atoms with Gasteiger partial charge in [0.2, 0.25) is 0 Å². The lowest BCUT2D eigenvalue weighted by molar-refractivity contribution is 0.620. The molecule has 0 radical (unpaired) electrons. The van der Waals surface area contributed by atoms with E-state index in [9.17, 15) is 0 Å². The number of nitrogens with one attached hydrogen (secondary N) is 1. The third kappa shape index (κ3) is 0.947. The highest BCUT2D eigenvalue weighted by atomic mass is 15.0. The van der Waals surface area contributed by atoms with Crippen LogP contribution in [0.15, 0.2) is 18.2 Å². The van der Waals surface area contributed by atoms with Gasteiger partial charge in [0.05, 0.1) is 0 Å². The van der Waals surface area contributed by atoms with E-state index in [1.165, 1.54) is 23.2 Å². The summed E-state index contributed by atoms with van der Waals surface area (Å²) in [6.07, 6.45) is 2.41. The van der Waals surface area contributed by atoms with Gasteiger partial charge in [-0.15, -0.1) is 0 Å². The van der Waals surface area contributed by atoms with E-state index in [4.69, 9.17) is 5.73 Å². The first kappa shape index (κ1) is 8.30. The number of hydrogen-bond donors (Lipinski definition) is 2. The largest absolute Gasteiger partial charge is 0.380 e. The van der Waals surface area contributed by atoms with Crippen molar-refractivity contribution in [3.8, 4) is 0 Å². The van der Waals surface area contributed by atoms with E-state index in [1.807, 2.05) is 0 Å². The van der Waals surface area contributed by atoms with Crippen LogP contribution in [-0.4, -0.2) is 12.1 Å². The fourth-order valence-corrected chi connectivity index (χ4v) is 2.95. The van der Waals surface area contributed by atoms with Crippen molar-refractivity contribution in [2.75, 3.05) is 5.32 Å². The molecule has 1 fully saturated rings. The molecule has 2 heteroatoms. The molecule has 0 amide bonds. The van der Waals surface area contributed by atoms with Crippen molar-refractivity contribution >= 4 is 5.69 Å². The lowest BCUT2D eigenvalue weighted by Gasteiger charge is -2.15. The molecule has 74 valence electrons. The van der Waals surface area contributed by atoms with Gasteiger partial charge in [-0.1, -0.05) is 18.2 Å². The van der Waals surface area contributed by atoms with Crippen LogP contribution in [0.1, 0.15) is 29.9 Å². The third-order valence-electron chi connectivity index (χ3n) is 3.72. The molecule has 2 aliphatic rings. The number of aryl methyl sites for hydroxylation is 1. The van der Waals surface area contributed by atoms with Crippen molar-refractivity contribution in [1.29, 1.82) is 0 Å². The van der Waals surface area contributed by atoms with E-state index in [1.54, 1.807) is 0 Å². The van der Waals surface area contributed by atoms with Crippen LogP contribution in [0, 0.1) is 6.92 Å². The summed E-state index contributed by atoms with van der Waals surface area (Å²) in [4.78, 5) is 0. The van der Waals surface area contributed by atoms with E-state index in [0.29, 0.717) is 18.0 Å². The Morgan fingerprint density at radius 3 is 3.07 bits per heavy atom. The molecule has 0 aromatic heterocycles. The molecule has 1 aliphatic carbocycles. The summed E-state index contributed by atoms with van der Waals surface area (Å²) in [7, 11) is 0. The third-order valence-corrected chi connectivity index (χ3v) is 3.72. The first-order valence-corrected chi connectivity index (χ1v) is 5.39. The monoisotopic (exact) mass is 188 g/mol. The Bertz CT molecular complexity index is 373. The summed E-state index contributed by atoms with van der Waals surface area (Å²) < 4.78 is 0. The first-order valence-electron chi connectivity index (χ1n) is 5.39. The van der Waals surface area contributed by atoms with Gasteiger partial charge in [0, 0.05) is 23.7 Å². The fourth-order valence-electron chi connectivity index (χ4n) is 2.95. The van der Waals surface area contributed by atoms with Gasteiger partial charge in [-0.3, -0.25) is 0 Å². The van der Waals surface area contributed by atoms with Gasteiger partial charge in [-0.2, -0.15) is 0 Å². The Kier molecular flexibility index (Phi) is 1.62.